The highest BCUT2D eigenvalue weighted by molar-refractivity contribution is 5.86. The van der Waals surface area contributed by atoms with Gasteiger partial charge in [-0.15, -0.1) is 0 Å². The summed E-state index contributed by atoms with van der Waals surface area (Å²) in [6.07, 6.45) is 2.81. The Morgan fingerprint density at radius 1 is 1.15 bits per heavy atom. The number of nitrogens with zero attached hydrogens (tertiary/aromatic N) is 1. The Kier molecular flexibility index (Phi) is 3.28. The van der Waals surface area contributed by atoms with Crippen LogP contribution in [0.1, 0.15) is 25.7 Å². The van der Waals surface area contributed by atoms with Crippen molar-refractivity contribution in [1.82, 2.24) is 10.4 Å². The monoisotopic (exact) mass is 271 g/mol. The summed E-state index contributed by atoms with van der Waals surface area (Å²) in [6, 6.07) is 11.5. The third kappa shape index (κ3) is 2.44. The van der Waals surface area contributed by atoms with Gasteiger partial charge in [0.2, 0.25) is 0 Å². The van der Waals surface area contributed by atoms with E-state index >= 15 is 0 Å². The second-order valence-electron chi connectivity index (χ2n) is 5.21. The number of para-hydroxylation sites is 1. The fourth-order valence-electron chi connectivity index (χ4n) is 2.56. The first-order valence-electron chi connectivity index (χ1n) is 6.82. The van der Waals surface area contributed by atoms with Crippen LogP contribution < -0.4 is 10.9 Å². The quantitative estimate of drug-likeness (QED) is 0.746. The number of hydrogen-bond donors (Lipinski definition) is 3. The molecule has 1 aromatic carbocycles. The minimum Gasteiger partial charge on any atom is -0.380 e. The summed E-state index contributed by atoms with van der Waals surface area (Å²) < 4.78 is 0. The van der Waals surface area contributed by atoms with Gasteiger partial charge in [-0.2, -0.15) is 0 Å². The standard InChI is InChI=1S/C15H17N3O2/c19-14(15(20)9-3-4-10-15)18-17-13-8-7-11-5-1-2-6-12(11)16-13/h1-2,5-8,20H,3-4,9-10H2,(H,16,17)(H,18,19). The van der Waals surface area contributed by atoms with E-state index < -0.39 is 5.60 Å². The predicted molar refractivity (Wildman–Crippen MR) is 76.9 cm³/mol. The molecule has 20 heavy (non-hydrogen) atoms. The average Bonchev–Trinajstić information content (AvgIpc) is 2.92. The van der Waals surface area contributed by atoms with Gasteiger partial charge >= 0.3 is 0 Å². The van der Waals surface area contributed by atoms with Crippen LogP contribution in [0.25, 0.3) is 10.9 Å². The number of pyridine rings is 1. The van der Waals surface area contributed by atoms with Crippen molar-refractivity contribution in [3.05, 3.63) is 36.4 Å². The van der Waals surface area contributed by atoms with E-state index in [9.17, 15) is 9.90 Å². The highest BCUT2D eigenvalue weighted by Crippen LogP contribution is 2.29. The lowest BCUT2D eigenvalue weighted by Crippen LogP contribution is -2.47. The Balaban J connectivity index is 1.69. The first kappa shape index (κ1) is 12.9. The molecule has 2 aromatic rings. The smallest absolute Gasteiger partial charge is 0.270 e. The molecular weight excluding hydrogens is 254 g/mol. The van der Waals surface area contributed by atoms with Gasteiger partial charge < -0.3 is 5.11 Å². The number of aliphatic hydroxyl groups is 1. The molecule has 0 radical (unpaired) electrons. The first-order valence-corrected chi connectivity index (χ1v) is 6.82. The van der Waals surface area contributed by atoms with E-state index in [1.54, 1.807) is 6.07 Å². The lowest BCUT2D eigenvalue weighted by atomic mass is 10.0. The molecule has 0 aliphatic heterocycles. The van der Waals surface area contributed by atoms with Gasteiger partial charge in [-0.1, -0.05) is 18.2 Å². The molecule has 1 saturated carbocycles. The van der Waals surface area contributed by atoms with Crippen molar-refractivity contribution in [2.75, 3.05) is 5.43 Å². The third-order valence-corrected chi connectivity index (χ3v) is 3.76. The number of nitrogens with one attached hydrogen (secondary N) is 2. The maximum atomic E-state index is 12.0. The van der Waals surface area contributed by atoms with Gasteiger partial charge in [-0.05, 0) is 43.9 Å². The van der Waals surface area contributed by atoms with Crippen molar-refractivity contribution >= 4 is 22.6 Å². The summed E-state index contributed by atoms with van der Waals surface area (Å²) >= 11 is 0. The van der Waals surface area contributed by atoms with E-state index in [0.717, 1.165) is 23.7 Å². The van der Waals surface area contributed by atoms with Crippen LogP contribution in [-0.2, 0) is 4.79 Å². The summed E-state index contributed by atoms with van der Waals surface area (Å²) in [7, 11) is 0. The van der Waals surface area contributed by atoms with Gasteiger partial charge in [0.25, 0.3) is 5.91 Å². The Morgan fingerprint density at radius 2 is 1.90 bits per heavy atom. The molecule has 0 bridgehead atoms. The minimum absolute atomic E-state index is 0.384. The van der Waals surface area contributed by atoms with Crippen LogP contribution in [0.3, 0.4) is 0 Å². The lowest BCUT2D eigenvalue weighted by Gasteiger charge is -2.21. The predicted octanol–water partition coefficient (Wildman–Crippen LogP) is 1.98. The Morgan fingerprint density at radius 3 is 2.70 bits per heavy atom. The van der Waals surface area contributed by atoms with Gasteiger partial charge in [0.1, 0.15) is 11.4 Å². The molecule has 1 aromatic heterocycles. The maximum absolute atomic E-state index is 12.0. The van der Waals surface area contributed by atoms with Gasteiger partial charge in [0, 0.05) is 5.39 Å². The Labute approximate surface area is 117 Å². The fraction of sp³-hybridized carbons (Fsp3) is 0.333. The molecule has 1 amide bonds. The molecule has 1 aliphatic rings. The summed E-state index contributed by atoms with van der Waals surface area (Å²) in [6.45, 7) is 0. The SMILES string of the molecule is O=C(NNc1ccc2ccccc2n1)C1(O)CCCC1. The second-order valence-corrected chi connectivity index (χ2v) is 5.21. The number of carbonyl (C=O) groups excluding carboxylic acids is 1. The zero-order valence-electron chi connectivity index (χ0n) is 11.1. The number of fused-ring (bicyclic) bond motifs is 1. The number of carbonyl (C=O) groups is 1. The van der Waals surface area contributed by atoms with Crippen LogP contribution in [-0.4, -0.2) is 21.6 Å². The van der Waals surface area contributed by atoms with E-state index in [-0.39, 0.29) is 5.91 Å². The van der Waals surface area contributed by atoms with Crippen LogP contribution in [0.5, 0.6) is 0 Å². The Hall–Kier alpha value is -2.14. The number of amides is 1. The van der Waals surface area contributed by atoms with Crippen LogP contribution in [0, 0.1) is 0 Å². The highest BCUT2D eigenvalue weighted by Gasteiger charge is 2.38. The zero-order valence-corrected chi connectivity index (χ0v) is 11.1. The van der Waals surface area contributed by atoms with Crippen molar-refractivity contribution in [2.24, 2.45) is 0 Å². The molecule has 5 nitrogen and oxygen atoms in total. The average molecular weight is 271 g/mol. The first-order chi connectivity index (χ1) is 9.67. The van der Waals surface area contributed by atoms with Crippen LogP contribution in [0.4, 0.5) is 5.82 Å². The van der Waals surface area contributed by atoms with E-state index in [2.05, 4.69) is 15.8 Å². The fourth-order valence-corrected chi connectivity index (χ4v) is 2.56. The summed E-state index contributed by atoms with van der Waals surface area (Å²) in [5.41, 5.74) is 4.93. The van der Waals surface area contributed by atoms with Crippen molar-refractivity contribution in [3.63, 3.8) is 0 Å². The zero-order chi connectivity index (χ0) is 14.0. The van der Waals surface area contributed by atoms with E-state index in [1.807, 2.05) is 30.3 Å². The summed E-state index contributed by atoms with van der Waals surface area (Å²) in [5.74, 6) is 0.170. The molecule has 1 fully saturated rings. The summed E-state index contributed by atoms with van der Waals surface area (Å²) in [5, 5.41) is 11.2. The van der Waals surface area contributed by atoms with Crippen LogP contribution in [0.2, 0.25) is 0 Å². The number of anilines is 1. The topological polar surface area (TPSA) is 74.2 Å². The molecule has 1 heterocycles. The van der Waals surface area contributed by atoms with Crippen molar-refractivity contribution in [2.45, 2.75) is 31.3 Å². The van der Waals surface area contributed by atoms with Gasteiger partial charge in [0.05, 0.1) is 5.52 Å². The third-order valence-electron chi connectivity index (χ3n) is 3.76. The normalized spacial score (nSPS) is 17.1. The lowest BCUT2D eigenvalue weighted by molar-refractivity contribution is -0.138. The van der Waals surface area contributed by atoms with Crippen molar-refractivity contribution in [1.29, 1.82) is 0 Å². The molecule has 0 saturated heterocycles. The maximum Gasteiger partial charge on any atom is 0.270 e. The largest absolute Gasteiger partial charge is 0.380 e. The van der Waals surface area contributed by atoms with Gasteiger partial charge in [-0.25, -0.2) is 4.98 Å². The molecule has 0 spiro atoms. The second kappa shape index (κ2) is 5.09. The number of hydrazine groups is 1. The molecule has 3 N–H and O–H groups in total. The molecule has 104 valence electrons. The van der Waals surface area contributed by atoms with Crippen molar-refractivity contribution < 1.29 is 9.90 Å². The molecule has 0 atom stereocenters. The van der Waals surface area contributed by atoms with Gasteiger partial charge in [0.15, 0.2) is 0 Å². The van der Waals surface area contributed by atoms with E-state index in [0.29, 0.717) is 18.7 Å². The van der Waals surface area contributed by atoms with Gasteiger partial charge in [-0.3, -0.25) is 15.6 Å². The number of aromatic nitrogens is 1. The van der Waals surface area contributed by atoms with E-state index in [4.69, 9.17) is 0 Å². The molecule has 1 aliphatic carbocycles. The van der Waals surface area contributed by atoms with Crippen LogP contribution in [0.15, 0.2) is 36.4 Å². The van der Waals surface area contributed by atoms with Crippen molar-refractivity contribution in [3.8, 4) is 0 Å². The van der Waals surface area contributed by atoms with E-state index in [1.165, 1.54) is 0 Å². The summed E-state index contributed by atoms with van der Waals surface area (Å²) in [4.78, 5) is 16.3. The number of benzene rings is 1. The minimum atomic E-state index is -1.23. The molecule has 5 heteroatoms. The number of rotatable bonds is 3. The molecule has 3 rings (SSSR count). The molecular formula is C15H17N3O2. The highest BCUT2D eigenvalue weighted by atomic mass is 16.3. The molecule has 0 unspecified atom stereocenters. The number of hydrogen-bond acceptors (Lipinski definition) is 4. The van der Waals surface area contributed by atoms with Crippen LogP contribution >= 0.6 is 0 Å². The Bertz CT molecular complexity index is 636.